The highest BCUT2D eigenvalue weighted by Crippen LogP contribution is 2.54. The first kappa shape index (κ1) is 22.2. The first-order valence-electron chi connectivity index (χ1n) is 12.3. The van der Waals surface area contributed by atoms with Crippen molar-refractivity contribution in [2.24, 2.45) is 0 Å². The number of rotatable bonds is 4. The molecule has 0 radical (unpaired) electrons. The number of para-hydroxylation sites is 1. The van der Waals surface area contributed by atoms with Crippen LogP contribution in [0.25, 0.3) is 0 Å². The maximum atomic E-state index is 13.4. The fraction of sp³-hybridized carbons (Fsp3) is 0.194. The molecule has 0 aliphatic carbocycles. The zero-order valence-electron chi connectivity index (χ0n) is 20.7. The van der Waals surface area contributed by atoms with E-state index in [0.29, 0.717) is 17.7 Å². The van der Waals surface area contributed by atoms with Gasteiger partial charge in [-0.3, -0.25) is 0 Å². The van der Waals surface area contributed by atoms with Crippen LogP contribution in [-0.2, 0) is 16.8 Å². The van der Waals surface area contributed by atoms with Crippen LogP contribution in [0.3, 0.4) is 0 Å². The van der Waals surface area contributed by atoms with E-state index in [4.69, 9.17) is 9.47 Å². The molecule has 180 valence electrons. The fourth-order valence-corrected chi connectivity index (χ4v) is 5.20. The number of fused-ring (bicyclic) bond motifs is 5. The van der Waals surface area contributed by atoms with Crippen molar-refractivity contribution in [2.45, 2.75) is 25.9 Å². The quantitative estimate of drug-likeness (QED) is 0.323. The predicted octanol–water partition coefficient (Wildman–Crippen LogP) is 6.96. The monoisotopic (exact) mass is 476 g/mol. The topological polar surface area (TPSA) is 50.8 Å². The van der Waals surface area contributed by atoms with Gasteiger partial charge in [0, 0.05) is 54.3 Å². The summed E-state index contributed by atoms with van der Waals surface area (Å²) in [6, 6.07) is 28.0. The van der Waals surface area contributed by atoms with Crippen molar-refractivity contribution in [2.75, 3.05) is 23.8 Å². The Bertz CT molecular complexity index is 1480. The van der Waals surface area contributed by atoms with Crippen molar-refractivity contribution in [3.05, 3.63) is 113 Å². The van der Waals surface area contributed by atoms with Gasteiger partial charge in [0.2, 0.25) is 0 Å². The molecule has 0 saturated heterocycles. The number of nitrogens with one attached hydrogen (secondary N) is 1. The van der Waals surface area contributed by atoms with E-state index >= 15 is 0 Å². The van der Waals surface area contributed by atoms with E-state index in [9.17, 15) is 4.79 Å². The Morgan fingerprint density at radius 1 is 0.917 bits per heavy atom. The van der Waals surface area contributed by atoms with Gasteiger partial charge in [-0.15, -0.1) is 0 Å². The van der Waals surface area contributed by atoms with Crippen molar-refractivity contribution >= 4 is 23.0 Å². The van der Waals surface area contributed by atoms with Crippen LogP contribution in [0.2, 0.25) is 0 Å². The molecule has 5 heteroatoms. The zero-order chi connectivity index (χ0) is 24.9. The van der Waals surface area contributed by atoms with Gasteiger partial charge >= 0.3 is 5.97 Å². The molecular weight excluding hydrogens is 448 g/mol. The number of anilines is 3. The lowest BCUT2D eigenvalue weighted by molar-refractivity contribution is -0.0112. The summed E-state index contributed by atoms with van der Waals surface area (Å²) < 4.78 is 12.9. The lowest BCUT2D eigenvalue weighted by Gasteiger charge is -2.43. The van der Waals surface area contributed by atoms with Gasteiger partial charge in [0.15, 0.2) is 5.60 Å². The van der Waals surface area contributed by atoms with Gasteiger partial charge in [-0.25, -0.2) is 4.79 Å². The second kappa shape index (κ2) is 8.45. The molecule has 1 N–H and O–H groups in total. The number of ether oxygens (including phenoxy) is 2. The summed E-state index contributed by atoms with van der Waals surface area (Å²) in [4.78, 5) is 15.5. The number of esters is 1. The van der Waals surface area contributed by atoms with E-state index in [-0.39, 0.29) is 5.97 Å². The first-order chi connectivity index (χ1) is 17.5. The third-order valence-corrected chi connectivity index (χ3v) is 7.29. The molecule has 0 saturated carbocycles. The second-order valence-electron chi connectivity index (χ2n) is 9.50. The minimum Gasteiger partial charge on any atom is -0.456 e. The van der Waals surface area contributed by atoms with E-state index < -0.39 is 5.60 Å². The average molecular weight is 477 g/mol. The lowest BCUT2D eigenvalue weighted by Crippen LogP contribution is -2.42. The lowest BCUT2D eigenvalue weighted by atomic mass is 9.75. The van der Waals surface area contributed by atoms with Crippen LogP contribution in [0, 0.1) is 6.92 Å². The highest BCUT2D eigenvalue weighted by atomic mass is 16.6. The van der Waals surface area contributed by atoms with Gasteiger partial charge in [-0.1, -0.05) is 36.4 Å². The maximum absolute atomic E-state index is 13.4. The number of aryl methyl sites for hydroxylation is 1. The third-order valence-electron chi connectivity index (χ3n) is 7.29. The molecule has 1 atom stereocenters. The molecule has 4 aromatic rings. The van der Waals surface area contributed by atoms with Gasteiger partial charge in [0.1, 0.15) is 11.5 Å². The summed E-state index contributed by atoms with van der Waals surface area (Å²) in [5, 5.41) is 3.53. The van der Waals surface area contributed by atoms with Crippen molar-refractivity contribution in [3.8, 4) is 11.5 Å². The molecule has 6 rings (SSSR count). The number of nitrogens with zero attached hydrogens (tertiary/aromatic N) is 1. The summed E-state index contributed by atoms with van der Waals surface area (Å²) in [7, 11) is 2.05. The van der Waals surface area contributed by atoms with E-state index in [1.807, 2.05) is 72.8 Å². The second-order valence-corrected chi connectivity index (χ2v) is 9.50. The molecule has 2 aliphatic rings. The van der Waals surface area contributed by atoms with Crippen LogP contribution in [0.5, 0.6) is 11.5 Å². The molecule has 36 heavy (non-hydrogen) atoms. The Hall–Kier alpha value is -4.25. The Morgan fingerprint density at radius 3 is 2.47 bits per heavy atom. The summed E-state index contributed by atoms with van der Waals surface area (Å²) in [5.41, 5.74) is 6.35. The molecule has 2 aliphatic heterocycles. The van der Waals surface area contributed by atoms with Crippen LogP contribution in [0.1, 0.15) is 39.5 Å². The van der Waals surface area contributed by atoms with E-state index in [1.54, 1.807) is 0 Å². The summed E-state index contributed by atoms with van der Waals surface area (Å²) >= 11 is 0. The highest BCUT2D eigenvalue weighted by molar-refractivity contribution is 5.93. The standard InChI is InChI=1S/C31H28N2O3/c1-4-33(3)23-14-15-25-29(17-23)35-28-16-20(2)27(32-22-11-6-5-7-12-22)18-26(28)31(25)19-21-10-8-9-13-24(21)30(34)36-31/h5-18,32H,4,19H2,1-3H3. The molecule has 0 aromatic heterocycles. The number of carbonyl (C=O) groups is 1. The van der Waals surface area contributed by atoms with Gasteiger partial charge in [-0.05, 0) is 67.4 Å². The molecule has 1 unspecified atom stereocenters. The van der Waals surface area contributed by atoms with Crippen LogP contribution in [0.15, 0.2) is 84.9 Å². The minimum absolute atomic E-state index is 0.316. The zero-order valence-corrected chi connectivity index (χ0v) is 20.7. The SMILES string of the molecule is CCN(C)c1ccc2c(c1)Oc1cc(C)c(Nc3ccccc3)cc1C21Cc2ccccc2C(=O)O1. The normalized spacial score (nSPS) is 17.4. The third kappa shape index (κ3) is 3.51. The summed E-state index contributed by atoms with van der Waals surface area (Å²) in [6.07, 6.45) is 0.537. The predicted molar refractivity (Wildman–Crippen MR) is 143 cm³/mol. The molecular formula is C31H28N2O3. The van der Waals surface area contributed by atoms with Gasteiger partial charge in [0.25, 0.3) is 0 Å². The number of benzene rings is 4. The highest BCUT2D eigenvalue weighted by Gasteiger charge is 2.49. The van der Waals surface area contributed by atoms with Crippen LogP contribution in [0.4, 0.5) is 17.1 Å². The largest absolute Gasteiger partial charge is 0.456 e. The molecule has 0 fully saturated rings. The summed E-state index contributed by atoms with van der Waals surface area (Å²) in [5.74, 6) is 1.11. The number of hydrogen-bond donors (Lipinski definition) is 1. The van der Waals surface area contributed by atoms with Crippen LogP contribution >= 0.6 is 0 Å². The smallest absolute Gasteiger partial charge is 0.339 e. The Morgan fingerprint density at radius 2 is 1.67 bits per heavy atom. The van der Waals surface area contributed by atoms with E-state index in [1.165, 1.54) is 0 Å². The number of hydrogen-bond acceptors (Lipinski definition) is 5. The first-order valence-corrected chi connectivity index (χ1v) is 12.3. The van der Waals surface area contributed by atoms with Gasteiger partial charge < -0.3 is 19.7 Å². The van der Waals surface area contributed by atoms with Crippen LogP contribution < -0.4 is 15.0 Å². The molecule has 5 nitrogen and oxygen atoms in total. The van der Waals surface area contributed by atoms with E-state index in [2.05, 4.69) is 43.2 Å². The number of carbonyl (C=O) groups excluding carboxylic acids is 1. The van der Waals surface area contributed by atoms with Gasteiger partial charge in [0.05, 0.1) is 5.56 Å². The van der Waals surface area contributed by atoms with Gasteiger partial charge in [-0.2, -0.15) is 0 Å². The molecule has 0 amide bonds. The Labute approximate surface area is 211 Å². The maximum Gasteiger partial charge on any atom is 0.339 e. The van der Waals surface area contributed by atoms with Crippen molar-refractivity contribution in [1.82, 2.24) is 0 Å². The minimum atomic E-state index is -0.988. The average Bonchev–Trinajstić information content (AvgIpc) is 2.89. The van der Waals surface area contributed by atoms with E-state index in [0.717, 1.165) is 51.6 Å². The molecule has 1 spiro atoms. The Kier molecular flexibility index (Phi) is 5.22. The molecule has 0 bridgehead atoms. The molecule has 2 heterocycles. The molecule has 4 aromatic carbocycles. The Balaban J connectivity index is 1.55. The summed E-state index contributed by atoms with van der Waals surface area (Å²) in [6.45, 7) is 5.04. The van der Waals surface area contributed by atoms with Crippen molar-refractivity contribution in [3.63, 3.8) is 0 Å². The van der Waals surface area contributed by atoms with Crippen LogP contribution in [-0.4, -0.2) is 19.6 Å². The van der Waals surface area contributed by atoms with Crippen molar-refractivity contribution < 1.29 is 14.3 Å². The van der Waals surface area contributed by atoms with Crippen molar-refractivity contribution in [1.29, 1.82) is 0 Å². The fourth-order valence-electron chi connectivity index (χ4n) is 5.20.